The van der Waals surface area contributed by atoms with Gasteiger partial charge in [-0.2, -0.15) is 10.2 Å². The fourth-order valence-electron chi connectivity index (χ4n) is 4.14. The van der Waals surface area contributed by atoms with E-state index in [2.05, 4.69) is 17.1 Å². The van der Waals surface area contributed by atoms with Crippen LogP contribution in [0.3, 0.4) is 0 Å². The molecule has 2 unspecified atom stereocenters. The van der Waals surface area contributed by atoms with Crippen LogP contribution in [0.4, 0.5) is 4.79 Å². The molecule has 1 N–H and O–H groups in total. The largest absolute Gasteiger partial charge is 0.449 e. The number of hydrogen-bond donors (Lipinski definition) is 1. The maximum absolute atomic E-state index is 13.2. The molecular weight excluding hydrogens is 372 g/mol. The van der Waals surface area contributed by atoms with E-state index in [0.29, 0.717) is 38.4 Å². The van der Waals surface area contributed by atoms with E-state index in [4.69, 9.17) is 9.84 Å². The second-order valence-electron chi connectivity index (χ2n) is 7.99. The number of carbonyl (C=O) groups excluding carboxylic acids is 2. The second kappa shape index (κ2) is 7.88. The number of amides is 2. The van der Waals surface area contributed by atoms with Crippen LogP contribution in [-0.2, 0) is 24.2 Å². The van der Waals surface area contributed by atoms with Gasteiger partial charge in [-0.15, -0.1) is 0 Å². The minimum atomic E-state index is -0.319. The topological polar surface area (TPSA) is 96.4 Å². The molecule has 0 aliphatic carbocycles. The fourth-order valence-corrected chi connectivity index (χ4v) is 4.14. The van der Waals surface area contributed by atoms with Crippen molar-refractivity contribution in [3.8, 4) is 0 Å². The number of unbranched alkanes of at least 4 members (excludes halogenated alkanes) is 1. The number of H-pyrrole nitrogens is 1. The summed E-state index contributed by atoms with van der Waals surface area (Å²) < 4.78 is 7.23. The highest BCUT2D eigenvalue weighted by molar-refractivity contribution is 5.94. The van der Waals surface area contributed by atoms with E-state index in [9.17, 15) is 9.59 Å². The molecule has 2 amide bonds. The highest BCUT2D eigenvalue weighted by Crippen LogP contribution is 2.31. The first-order valence-corrected chi connectivity index (χ1v) is 10.3. The first-order chi connectivity index (χ1) is 14.0. The van der Waals surface area contributed by atoms with Gasteiger partial charge in [-0.3, -0.25) is 14.6 Å². The monoisotopic (exact) mass is 400 g/mol. The lowest BCUT2D eigenvalue weighted by atomic mass is 9.99. The van der Waals surface area contributed by atoms with E-state index < -0.39 is 0 Å². The van der Waals surface area contributed by atoms with E-state index >= 15 is 0 Å². The molecule has 0 aromatic carbocycles. The van der Waals surface area contributed by atoms with Gasteiger partial charge in [0, 0.05) is 43.7 Å². The number of carbonyl (C=O) groups is 2. The van der Waals surface area contributed by atoms with Crippen LogP contribution in [0.2, 0.25) is 0 Å². The van der Waals surface area contributed by atoms with E-state index in [1.54, 1.807) is 23.0 Å². The van der Waals surface area contributed by atoms with E-state index in [1.165, 1.54) is 0 Å². The van der Waals surface area contributed by atoms with Crippen LogP contribution < -0.4 is 0 Å². The Morgan fingerprint density at radius 1 is 1.38 bits per heavy atom. The molecule has 2 aliphatic rings. The van der Waals surface area contributed by atoms with E-state index in [-0.39, 0.29) is 24.0 Å². The molecule has 9 heteroatoms. The van der Waals surface area contributed by atoms with Crippen LogP contribution >= 0.6 is 0 Å². The molecule has 0 fully saturated rings. The highest BCUT2D eigenvalue weighted by Gasteiger charge is 2.37. The predicted molar refractivity (Wildman–Crippen MR) is 105 cm³/mol. The summed E-state index contributed by atoms with van der Waals surface area (Å²) >= 11 is 0. The van der Waals surface area contributed by atoms with Gasteiger partial charge in [0.2, 0.25) is 0 Å². The number of nitrogens with one attached hydrogen (secondary N) is 1. The molecule has 0 saturated heterocycles. The van der Waals surface area contributed by atoms with E-state index in [0.717, 1.165) is 29.8 Å². The molecule has 0 bridgehead atoms. The van der Waals surface area contributed by atoms with Crippen molar-refractivity contribution in [1.82, 2.24) is 29.8 Å². The Bertz CT molecular complexity index is 890. The number of ether oxygens (including phenoxy) is 1. The van der Waals surface area contributed by atoms with Crippen LogP contribution in [0.25, 0.3) is 0 Å². The molecular formula is C20H28N6O3. The summed E-state index contributed by atoms with van der Waals surface area (Å²) in [5.74, 6) is -0.00372. The van der Waals surface area contributed by atoms with Crippen molar-refractivity contribution in [2.75, 3.05) is 20.2 Å². The van der Waals surface area contributed by atoms with Gasteiger partial charge >= 0.3 is 6.09 Å². The molecule has 4 rings (SSSR count). The van der Waals surface area contributed by atoms with Crippen molar-refractivity contribution in [1.29, 1.82) is 0 Å². The van der Waals surface area contributed by atoms with Gasteiger partial charge in [0.1, 0.15) is 5.69 Å². The predicted octanol–water partition coefficient (Wildman–Crippen LogP) is 2.16. The lowest BCUT2D eigenvalue weighted by Crippen LogP contribution is -2.43. The van der Waals surface area contributed by atoms with Crippen molar-refractivity contribution >= 4 is 12.0 Å². The van der Waals surface area contributed by atoms with Crippen LogP contribution in [0.15, 0.2) is 12.3 Å². The fraction of sp³-hybridized carbons (Fsp3) is 0.600. The molecule has 9 nitrogen and oxygen atoms in total. The minimum absolute atomic E-state index is 0.0225. The summed E-state index contributed by atoms with van der Waals surface area (Å²) in [6.45, 7) is 5.98. The average Bonchev–Trinajstić information content (AvgIpc) is 3.31. The Kier molecular flexibility index (Phi) is 5.29. The minimum Gasteiger partial charge on any atom is -0.449 e. The first kappa shape index (κ1) is 19.5. The maximum atomic E-state index is 13.2. The summed E-state index contributed by atoms with van der Waals surface area (Å²) in [5.41, 5.74) is 3.24. The molecule has 0 saturated carbocycles. The van der Waals surface area contributed by atoms with Gasteiger partial charge in [0.25, 0.3) is 5.91 Å². The van der Waals surface area contributed by atoms with Crippen LogP contribution in [0, 0.1) is 0 Å². The normalized spacial score (nSPS) is 21.6. The summed E-state index contributed by atoms with van der Waals surface area (Å²) in [6, 6.07) is 1.92. The van der Waals surface area contributed by atoms with Crippen molar-refractivity contribution in [3.05, 3.63) is 34.9 Å². The van der Waals surface area contributed by atoms with Crippen molar-refractivity contribution < 1.29 is 14.3 Å². The number of fused-ring (bicyclic) bond motifs is 3. The molecule has 29 heavy (non-hydrogen) atoms. The smallest absolute Gasteiger partial charge is 0.410 e. The zero-order valence-electron chi connectivity index (χ0n) is 17.2. The summed E-state index contributed by atoms with van der Waals surface area (Å²) in [6.07, 6.45) is 3.91. The summed E-state index contributed by atoms with van der Waals surface area (Å²) in [7, 11) is 1.80. The number of rotatable bonds is 4. The third-order valence-electron chi connectivity index (χ3n) is 5.82. The Morgan fingerprint density at radius 3 is 2.93 bits per heavy atom. The Morgan fingerprint density at radius 2 is 2.21 bits per heavy atom. The number of aromatic nitrogens is 4. The standard InChI is InChI=1S/C20H28N6O3/c1-4-5-8-29-20(28)25-12-15-17(9-13(25)2)23-26-11-14(16-6-7-21-22-16)10-24(3)19(27)18(15)26/h6-7,13-14H,4-5,8-12H2,1-3H3,(H,21,22). The molecule has 0 radical (unpaired) electrons. The molecule has 156 valence electrons. The number of likely N-dealkylation sites (N-methyl/N-ethyl adjacent to an activating group) is 1. The molecule has 2 aliphatic heterocycles. The van der Waals surface area contributed by atoms with Crippen LogP contribution in [-0.4, -0.2) is 68.0 Å². The van der Waals surface area contributed by atoms with Gasteiger partial charge < -0.3 is 14.5 Å². The summed E-state index contributed by atoms with van der Waals surface area (Å²) in [4.78, 5) is 29.2. The van der Waals surface area contributed by atoms with Gasteiger partial charge in [0.05, 0.1) is 31.1 Å². The lowest BCUT2D eigenvalue weighted by Gasteiger charge is -2.32. The second-order valence-corrected chi connectivity index (χ2v) is 7.99. The van der Waals surface area contributed by atoms with Crippen LogP contribution in [0.5, 0.6) is 0 Å². The third-order valence-corrected chi connectivity index (χ3v) is 5.82. The van der Waals surface area contributed by atoms with Gasteiger partial charge in [-0.25, -0.2) is 4.79 Å². The molecule has 2 aromatic rings. The molecule has 0 spiro atoms. The summed E-state index contributed by atoms with van der Waals surface area (Å²) in [5, 5.41) is 11.9. The quantitative estimate of drug-likeness (QED) is 0.794. The third kappa shape index (κ3) is 3.61. The van der Waals surface area contributed by atoms with Crippen LogP contribution in [0.1, 0.15) is 60.0 Å². The highest BCUT2D eigenvalue weighted by atomic mass is 16.6. The first-order valence-electron chi connectivity index (χ1n) is 10.3. The van der Waals surface area contributed by atoms with Crippen molar-refractivity contribution in [2.45, 2.75) is 58.2 Å². The molecule has 2 atom stereocenters. The SMILES string of the molecule is CCCCOC(=O)N1Cc2c(nn3c2C(=O)N(C)CC(c2cc[nH]n2)C3)CC1C. The Hall–Kier alpha value is -2.84. The van der Waals surface area contributed by atoms with Gasteiger partial charge in [-0.05, 0) is 19.4 Å². The Labute approximate surface area is 170 Å². The van der Waals surface area contributed by atoms with Gasteiger partial charge in [0.15, 0.2) is 0 Å². The number of nitrogens with zero attached hydrogens (tertiary/aromatic N) is 5. The number of aromatic amines is 1. The maximum Gasteiger partial charge on any atom is 0.410 e. The molecule has 2 aromatic heterocycles. The number of hydrogen-bond acceptors (Lipinski definition) is 5. The lowest BCUT2D eigenvalue weighted by molar-refractivity contribution is 0.0758. The Balaban J connectivity index is 1.63. The average molecular weight is 400 g/mol. The zero-order chi connectivity index (χ0) is 20.5. The van der Waals surface area contributed by atoms with Crippen molar-refractivity contribution in [2.24, 2.45) is 0 Å². The zero-order valence-corrected chi connectivity index (χ0v) is 17.2. The van der Waals surface area contributed by atoms with Gasteiger partial charge in [-0.1, -0.05) is 13.3 Å². The molecule has 4 heterocycles. The van der Waals surface area contributed by atoms with E-state index in [1.807, 2.05) is 17.7 Å². The van der Waals surface area contributed by atoms with Crippen molar-refractivity contribution in [3.63, 3.8) is 0 Å².